The van der Waals surface area contributed by atoms with Crippen LogP contribution in [0.3, 0.4) is 0 Å². The Morgan fingerprint density at radius 2 is 2.24 bits per heavy atom. The Bertz CT molecular complexity index is 392. The molecule has 2 rings (SSSR count). The first-order chi connectivity index (χ1) is 8.13. The van der Waals surface area contributed by atoms with E-state index in [0.29, 0.717) is 5.92 Å². The van der Waals surface area contributed by atoms with Gasteiger partial charge in [0.25, 0.3) is 0 Å². The molecule has 1 fully saturated rings. The van der Waals surface area contributed by atoms with Crippen LogP contribution in [-0.2, 0) is 4.74 Å². The minimum absolute atomic E-state index is 0.269. The molecule has 0 spiro atoms. The number of hydrogen-bond acceptors (Lipinski definition) is 2. The molecule has 1 saturated heterocycles. The number of hydrogen-bond donors (Lipinski definition) is 0. The predicted octanol–water partition coefficient (Wildman–Crippen LogP) is 3.86. The SMILES string of the molecule is COc1ccc(C(Br)C2OCCC2C)c(C)c1. The van der Waals surface area contributed by atoms with Gasteiger partial charge in [0, 0.05) is 6.61 Å². The lowest BCUT2D eigenvalue weighted by atomic mass is 9.95. The minimum atomic E-state index is 0.269. The molecule has 17 heavy (non-hydrogen) atoms. The highest BCUT2D eigenvalue weighted by molar-refractivity contribution is 9.09. The van der Waals surface area contributed by atoms with Gasteiger partial charge in [-0.25, -0.2) is 0 Å². The van der Waals surface area contributed by atoms with Crippen LogP contribution in [0, 0.1) is 12.8 Å². The van der Waals surface area contributed by atoms with Crippen molar-refractivity contribution in [3.05, 3.63) is 29.3 Å². The van der Waals surface area contributed by atoms with E-state index in [2.05, 4.69) is 41.9 Å². The molecule has 94 valence electrons. The van der Waals surface area contributed by atoms with Gasteiger partial charge in [0.05, 0.1) is 18.0 Å². The van der Waals surface area contributed by atoms with Gasteiger partial charge < -0.3 is 9.47 Å². The van der Waals surface area contributed by atoms with Gasteiger partial charge in [0.2, 0.25) is 0 Å². The lowest BCUT2D eigenvalue weighted by Crippen LogP contribution is -2.19. The second-order valence-electron chi connectivity index (χ2n) is 4.73. The molecular formula is C14H19BrO2. The fourth-order valence-corrected chi connectivity index (χ4v) is 3.54. The van der Waals surface area contributed by atoms with Crippen LogP contribution in [0.5, 0.6) is 5.75 Å². The van der Waals surface area contributed by atoms with Gasteiger partial charge in [-0.05, 0) is 42.5 Å². The molecule has 1 aliphatic rings. The molecule has 3 unspecified atom stereocenters. The van der Waals surface area contributed by atoms with Gasteiger partial charge in [0.15, 0.2) is 0 Å². The van der Waals surface area contributed by atoms with Crippen molar-refractivity contribution in [2.45, 2.75) is 31.2 Å². The van der Waals surface area contributed by atoms with Crippen LogP contribution in [0.1, 0.15) is 29.3 Å². The summed E-state index contributed by atoms with van der Waals surface area (Å²) in [5, 5.41) is 0. The Labute approximate surface area is 111 Å². The topological polar surface area (TPSA) is 18.5 Å². The number of ether oxygens (including phenoxy) is 2. The van der Waals surface area contributed by atoms with Gasteiger partial charge in [0.1, 0.15) is 5.75 Å². The van der Waals surface area contributed by atoms with Gasteiger partial charge >= 0.3 is 0 Å². The van der Waals surface area contributed by atoms with Crippen LogP contribution in [0.2, 0.25) is 0 Å². The van der Waals surface area contributed by atoms with E-state index in [9.17, 15) is 0 Å². The van der Waals surface area contributed by atoms with Crippen molar-refractivity contribution in [2.75, 3.05) is 13.7 Å². The first-order valence-corrected chi connectivity index (χ1v) is 6.95. The summed E-state index contributed by atoms with van der Waals surface area (Å²) in [5.74, 6) is 1.52. The first kappa shape index (κ1) is 12.9. The molecule has 0 bridgehead atoms. The molecule has 0 radical (unpaired) electrons. The number of methoxy groups -OCH3 is 1. The Balaban J connectivity index is 2.21. The molecule has 1 aromatic carbocycles. The number of rotatable bonds is 3. The minimum Gasteiger partial charge on any atom is -0.497 e. The number of aryl methyl sites for hydroxylation is 1. The highest BCUT2D eigenvalue weighted by Crippen LogP contribution is 2.39. The van der Waals surface area contributed by atoms with Crippen LogP contribution in [0.25, 0.3) is 0 Å². The standard InChI is InChI=1S/C14H19BrO2/c1-9-6-7-17-14(9)13(15)12-5-4-11(16-3)8-10(12)2/h4-5,8-9,13-14H,6-7H2,1-3H3. The maximum atomic E-state index is 5.81. The summed E-state index contributed by atoms with van der Waals surface area (Å²) in [6.07, 6.45) is 1.43. The quantitative estimate of drug-likeness (QED) is 0.789. The zero-order chi connectivity index (χ0) is 12.4. The van der Waals surface area contributed by atoms with E-state index >= 15 is 0 Å². The third-order valence-electron chi connectivity index (χ3n) is 3.51. The third-order valence-corrected chi connectivity index (χ3v) is 4.52. The lowest BCUT2D eigenvalue weighted by Gasteiger charge is -2.23. The van der Waals surface area contributed by atoms with Crippen molar-refractivity contribution >= 4 is 15.9 Å². The van der Waals surface area contributed by atoms with Crippen LogP contribution >= 0.6 is 15.9 Å². The van der Waals surface area contributed by atoms with Crippen LogP contribution < -0.4 is 4.74 Å². The van der Waals surface area contributed by atoms with E-state index in [1.54, 1.807) is 7.11 Å². The Kier molecular flexibility index (Phi) is 4.10. The summed E-state index contributed by atoms with van der Waals surface area (Å²) >= 11 is 3.78. The number of halogens is 1. The predicted molar refractivity (Wildman–Crippen MR) is 72.9 cm³/mol. The van der Waals surface area contributed by atoms with Crippen LogP contribution in [0.4, 0.5) is 0 Å². The normalized spacial score (nSPS) is 25.9. The zero-order valence-electron chi connectivity index (χ0n) is 10.6. The second kappa shape index (κ2) is 5.40. The molecule has 3 atom stereocenters. The summed E-state index contributed by atoms with van der Waals surface area (Å²) in [6.45, 7) is 5.25. The largest absolute Gasteiger partial charge is 0.497 e. The van der Waals surface area contributed by atoms with Gasteiger partial charge in [-0.1, -0.05) is 28.9 Å². The molecule has 0 aromatic heterocycles. The van der Waals surface area contributed by atoms with Crippen molar-refractivity contribution < 1.29 is 9.47 Å². The maximum Gasteiger partial charge on any atom is 0.119 e. The second-order valence-corrected chi connectivity index (χ2v) is 5.71. The maximum absolute atomic E-state index is 5.81. The van der Waals surface area contributed by atoms with Crippen LogP contribution in [0.15, 0.2) is 18.2 Å². The van der Waals surface area contributed by atoms with E-state index < -0.39 is 0 Å². The van der Waals surface area contributed by atoms with Gasteiger partial charge in [-0.2, -0.15) is 0 Å². The zero-order valence-corrected chi connectivity index (χ0v) is 12.2. The first-order valence-electron chi connectivity index (χ1n) is 6.03. The van der Waals surface area contributed by atoms with Crippen LogP contribution in [-0.4, -0.2) is 19.8 Å². The highest BCUT2D eigenvalue weighted by atomic mass is 79.9. The monoisotopic (exact) mass is 298 g/mol. The molecule has 0 aliphatic carbocycles. The molecule has 0 saturated carbocycles. The summed E-state index contributed by atoms with van der Waals surface area (Å²) in [7, 11) is 1.70. The van der Waals surface area contributed by atoms with Crippen molar-refractivity contribution in [1.29, 1.82) is 0 Å². The molecule has 1 aromatic rings. The average molecular weight is 299 g/mol. The van der Waals surface area contributed by atoms with Gasteiger partial charge in [-0.3, -0.25) is 0 Å². The summed E-state index contributed by atoms with van der Waals surface area (Å²) in [5.41, 5.74) is 2.54. The summed E-state index contributed by atoms with van der Waals surface area (Å²) in [6, 6.07) is 6.21. The third kappa shape index (κ3) is 2.66. The van der Waals surface area contributed by atoms with Crippen molar-refractivity contribution in [1.82, 2.24) is 0 Å². The molecule has 0 N–H and O–H groups in total. The van der Waals surface area contributed by atoms with Crippen molar-refractivity contribution in [3.63, 3.8) is 0 Å². The summed E-state index contributed by atoms with van der Waals surface area (Å²) < 4.78 is 11.0. The Hall–Kier alpha value is -0.540. The average Bonchev–Trinajstić information content (AvgIpc) is 2.74. The molecule has 1 aliphatic heterocycles. The number of benzene rings is 1. The molecule has 2 nitrogen and oxygen atoms in total. The van der Waals surface area contributed by atoms with Crippen molar-refractivity contribution in [3.8, 4) is 5.75 Å². The molecular weight excluding hydrogens is 280 g/mol. The van der Waals surface area contributed by atoms with Gasteiger partial charge in [-0.15, -0.1) is 0 Å². The number of alkyl halides is 1. The van der Waals surface area contributed by atoms with E-state index in [1.807, 2.05) is 6.07 Å². The van der Waals surface area contributed by atoms with E-state index in [0.717, 1.165) is 18.8 Å². The highest BCUT2D eigenvalue weighted by Gasteiger charge is 2.32. The fourth-order valence-electron chi connectivity index (χ4n) is 2.35. The summed E-state index contributed by atoms with van der Waals surface area (Å²) in [4.78, 5) is 0.269. The lowest BCUT2D eigenvalue weighted by molar-refractivity contribution is 0.0933. The Morgan fingerprint density at radius 1 is 1.47 bits per heavy atom. The smallest absolute Gasteiger partial charge is 0.119 e. The van der Waals surface area contributed by atoms with E-state index in [1.165, 1.54) is 11.1 Å². The molecule has 3 heteroatoms. The van der Waals surface area contributed by atoms with E-state index in [-0.39, 0.29) is 10.9 Å². The van der Waals surface area contributed by atoms with E-state index in [4.69, 9.17) is 9.47 Å². The fraction of sp³-hybridized carbons (Fsp3) is 0.571. The molecule has 1 heterocycles. The Morgan fingerprint density at radius 3 is 2.76 bits per heavy atom. The van der Waals surface area contributed by atoms with Crippen molar-refractivity contribution in [2.24, 2.45) is 5.92 Å². The molecule has 0 amide bonds.